The van der Waals surface area contributed by atoms with Crippen LogP contribution in [0.3, 0.4) is 0 Å². The summed E-state index contributed by atoms with van der Waals surface area (Å²) in [5, 5.41) is 0. The maximum absolute atomic E-state index is 12.8. The average Bonchev–Trinajstić information content (AvgIpc) is 3.33. The lowest BCUT2D eigenvalue weighted by atomic mass is 10.0. The first-order valence-corrected chi connectivity index (χ1v) is 29.1. The largest absolute Gasteiger partial charge is 0.462 e. The Morgan fingerprint density at radius 2 is 0.537 bits per heavy atom. The van der Waals surface area contributed by atoms with Crippen molar-refractivity contribution in [3.05, 3.63) is 48.6 Å². The van der Waals surface area contributed by atoms with Crippen molar-refractivity contribution in [3.63, 3.8) is 0 Å². The molecular weight excluding hydrogens is 829 g/mol. The highest BCUT2D eigenvalue weighted by atomic mass is 16.6. The van der Waals surface area contributed by atoms with Crippen molar-refractivity contribution in [2.24, 2.45) is 0 Å². The summed E-state index contributed by atoms with van der Waals surface area (Å²) in [5.41, 5.74) is 0. The quantitative estimate of drug-likeness (QED) is 0.0262. The molecule has 0 heterocycles. The number of carbonyl (C=O) groups excluding carboxylic acids is 3. The first kappa shape index (κ1) is 64.4. The van der Waals surface area contributed by atoms with E-state index in [9.17, 15) is 14.4 Å². The van der Waals surface area contributed by atoms with Crippen LogP contribution in [-0.4, -0.2) is 37.2 Å². The maximum atomic E-state index is 12.8. The molecule has 67 heavy (non-hydrogen) atoms. The van der Waals surface area contributed by atoms with Gasteiger partial charge in [0.15, 0.2) is 6.10 Å². The summed E-state index contributed by atoms with van der Waals surface area (Å²) < 4.78 is 16.9. The number of hydrogen-bond acceptors (Lipinski definition) is 6. The topological polar surface area (TPSA) is 78.9 Å². The van der Waals surface area contributed by atoms with Gasteiger partial charge < -0.3 is 14.2 Å². The molecular formula is C61H110O6. The van der Waals surface area contributed by atoms with E-state index in [-0.39, 0.29) is 31.1 Å². The van der Waals surface area contributed by atoms with Crippen LogP contribution in [0.5, 0.6) is 0 Å². The molecule has 0 aliphatic heterocycles. The normalized spacial score (nSPS) is 12.3. The average molecular weight is 940 g/mol. The molecule has 0 aliphatic rings. The van der Waals surface area contributed by atoms with Gasteiger partial charge in [-0.15, -0.1) is 0 Å². The van der Waals surface area contributed by atoms with Gasteiger partial charge in [0.05, 0.1) is 0 Å². The highest BCUT2D eigenvalue weighted by Gasteiger charge is 2.19. The smallest absolute Gasteiger partial charge is 0.306 e. The highest BCUT2D eigenvalue weighted by Crippen LogP contribution is 2.16. The van der Waals surface area contributed by atoms with Gasteiger partial charge in [0.2, 0.25) is 0 Å². The Morgan fingerprint density at radius 1 is 0.299 bits per heavy atom. The summed E-state index contributed by atoms with van der Waals surface area (Å²) in [6.07, 6.45) is 68.1. The summed E-state index contributed by atoms with van der Waals surface area (Å²) >= 11 is 0. The monoisotopic (exact) mass is 939 g/mol. The van der Waals surface area contributed by atoms with E-state index in [0.29, 0.717) is 19.3 Å². The number of allylic oxidation sites excluding steroid dienone is 8. The van der Waals surface area contributed by atoms with E-state index in [1.54, 1.807) is 0 Å². The van der Waals surface area contributed by atoms with Crippen LogP contribution in [0, 0.1) is 0 Å². The second-order valence-corrected chi connectivity index (χ2v) is 19.6. The van der Waals surface area contributed by atoms with E-state index >= 15 is 0 Å². The summed E-state index contributed by atoms with van der Waals surface area (Å²) in [7, 11) is 0. The van der Waals surface area contributed by atoms with Crippen molar-refractivity contribution in [1.82, 2.24) is 0 Å². The summed E-state index contributed by atoms with van der Waals surface area (Å²) in [6.45, 7) is 6.62. The Hall–Kier alpha value is -2.63. The van der Waals surface area contributed by atoms with Gasteiger partial charge in [0.1, 0.15) is 13.2 Å². The van der Waals surface area contributed by atoms with Crippen molar-refractivity contribution in [2.45, 2.75) is 309 Å². The second kappa shape index (κ2) is 56.0. The lowest BCUT2D eigenvalue weighted by Crippen LogP contribution is -2.30. The predicted molar refractivity (Wildman–Crippen MR) is 289 cm³/mol. The Morgan fingerprint density at radius 3 is 0.881 bits per heavy atom. The van der Waals surface area contributed by atoms with Crippen molar-refractivity contribution < 1.29 is 28.6 Å². The van der Waals surface area contributed by atoms with E-state index in [1.165, 1.54) is 173 Å². The molecule has 0 aromatic heterocycles. The van der Waals surface area contributed by atoms with Crippen LogP contribution in [0.2, 0.25) is 0 Å². The Bertz CT molecular complexity index is 1170. The van der Waals surface area contributed by atoms with Gasteiger partial charge in [0.25, 0.3) is 0 Å². The van der Waals surface area contributed by atoms with E-state index in [0.717, 1.165) is 89.9 Å². The fourth-order valence-corrected chi connectivity index (χ4v) is 8.39. The van der Waals surface area contributed by atoms with Crippen LogP contribution in [0.25, 0.3) is 0 Å². The molecule has 0 amide bonds. The molecule has 0 aromatic rings. The van der Waals surface area contributed by atoms with Gasteiger partial charge in [-0.25, -0.2) is 0 Å². The third-order valence-corrected chi connectivity index (χ3v) is 12.8. The molecule has 0 spiro atoms. The molecule has 0 N–H and O–H groups in total. The Balaban J connectivity index is 4.38. The highest BCUT2D eigenvalue weighted by molar-refractivity contribution is 5.71. The van der Waals surface area contributed by atoms with Gasteiger partial charge in [-0.3, -0.25) is 14.4 Å². The molecule has 0 aliphatic carbocycles. The minimum atomic E-state index is -0.781. The minimum Gasteiger partial charge on any atom is -0.462 e. The first-order valence-electron chi connectivity index (χ1n) is 29.1. The van der Waals surface area contributed by atoms with Crippen molar-refractivity contribution >= 4 is 17.9 Å². The number of esters is 3. The number of rotatable bonds is 53. The number of ether oxygens (including phenoxy) is 3. The molecule has 0 saturated heterocycles. The molecule has 6 nitrogen and oxygen atoms in total. The van der Waals surface area contributed by atoms with E-state index in [4.69, 9.17) is 14.2 Å². The number of carbonyl (C=O) groups is 3. The molecule has 6 heteroatoms. The van der Waals surface area contributed by atoms with Gasteiger partial charge in [0, 0.05) is 19.3 Å². The lowest BCUT2D eigenvalue weighted by Gasteiger charge is -2.18. The van der Waals surface area contributed by atoms with E-state index < -0.39 is 6.10 Å². The number of unbranched alkanes of at least 4 members (excludes halogenated alkanes) is 34. The van der Waals surface area contributed by atoms with Crippen LogP contribution >= 0.6 is 0 Å². The zero-order chi connectivity index (χ0) is 48.6. The molecule has 0 fully saturated rings. The SMILES string of the molecule is CCCCC/C=C\C/C=C\C/C=C\CCCCCCCCC(=O)OC[C@@H](COC(=O)CCCCCCCCCCCCCCCCC)OC(=O)CCCCCCC/C=C\CCCCCCCC. The van der Waals surface area contributed by atoms with Crippen molar-refractivity contribution in [1.29, 1.82) is 0 Å². The standard InChI is InChI=1S/C61H110O6/c1-4-7-10-13-16-19-22-25-28-29-30-31-34-36-39-42-45-48-51-54-60(63)66-57-58(67-61(64)55-52-49-46-43-40-37-33-27-24-21-18-15-12-9-6-3)56-65-59(62)53-50-47-44-41-38-35-32-26-23-20-17-14-11-8-5-2/h16,19,25,27-28,30-31,33,58H,4-15,17-18,20-24,26,29,32,34-57H2,1-3H3/b19-16-,28-25-,31-30-,33-27-/t58-/m1/s1. The fourth-order valence-electron chi connectivity index (χ4n) is 8.39. The van der Waals surface area contributed by atoms with Crippen molar-refractivity contribution in [3.8, 4) is 0 Å². The van der Waals surface area contributed by atoms with Crippen LogP contribution in [-0.2, 0) is 28.6 Å². The lowest BCUT2D eigenvalue weighted by molar-refractivity contribution is -0.167. The molecule has 0 rings (SSSR count). The Kier molecular flexibility index (Phi) is 53.8. The summed E-state index contributed by atoms with van der Waals surface area (Å²) in [5.74, 6) is -0.884. The first-order chi connectivity index (χ1) is 33.0. The fraction of sp³-hybridized carbons (Fsp3) is 0.820. The molecule has 1 atom stereocenters. The van der Waals surface area contributed by atoms with Gasteiger partial charge in [-0.2, -0.15) is 0 Å². The third kappa shape index (κ3) is 54.2. The molecule has 0 saturated carbocycles. The van der Waals surface area contributed by atoms with E-state index in [2.05, 4.69) is 69.4 Å². The summed E-state index contributed by atoms with van der Waals surface area (Å²) in [6, 6.07) is 0. The van der Waals surface area contributed by atoms with Crippen LogP contribution in [0.1, 0.15) is 303 Å². The van der Waals surface area contributed by atoms with Crippen molar-refractivity contribution in [2.75, 3.05) is 13.2 Å². The summed E-state index contributed by atoms with van der Waals surface area (Å²) in [4.78, 5) is 38.2. The second-order valence-electron chi connectivity index (χ2n) is 19.6. The zero-order valence-corrected chi connectivity index (χ0v) is 44.7. The maximum Gasteiger partial charge on any atom is 0.306 e. The van der Waals surface area contributed by atoms with Gasteiger partial charge in [-0.05, 0) is 83.5 Å². The molecule has 0 radical (unpaired) electrons. The molecule has 390 valence electrons. The van der Waals surface area contributed by atoms with Crippen LogP contribution in [0.4, 0.5) is 0 Å². The zero-order valence-electron chi connectivity index (χ0n) is 44.7. The Labute approximate surface area is 416 Å². The minimum absolute atomic E-state index is 0.0777. The molecule has 0 unspecified atom stereocenters. The predicted octanol–water partition coefficient (Wildman–Crippen LogP) is 19.4. The molecule has 0 aromatic carbocycles. The van der Waals surface area contributed by atoms with Gasteiger partial charge >= 0.3 is 17.9 Å². The molecule has 0 bridgehead atoms. The third-order valence-electron chi connectivity index (χ3n) is 12.8. The van der Waals surface area contributed by atoms with Crippen LogP contribution < -0.4 is 0 Å². The van der Waals surface area contributed by atoms with E-state index in [1.807, 2.05) is 0 Å². The van der Waals surface area contributed by atoms with Gasteiger partial charge in [-0.1, -0.05) is 249 Å². The number of hydrogen-bond donors (Lipinski definition) is 0. The van der Waals surface area contributed by atoms with Crippen LogP contribution in [0.15, 0.2) is 48.6 Å².